The fourth-order valence-electron chi connectivity index (χ4n) is 2.74. The third-order valence-corrected chi connectivity index (χ3v) is 4.25. The van der Waals surface area contributed by atoms with Gasteiger partial charge in [-0.1, -0.05) is 0 Å². The van der Waals surface area contributed by atoms with E-state index in [-0.39, 0.29) is 23.4 Å². The average Bonchev–Trinajstić information content (AvgIpc) is 3.35. The maximum absolute atomic E-state index is 13.1. The van der Waals surface area contributed by atoms with Crippen LogP contribution in [0.2, 0.25) is 0 Å². The van der Waals surface area contributed by atoms with Crippen LogP contribution in [0.1, 0.15) is 36.0 Å². The fraction of sp³-hybridized carbons (Fsp3) is 0.500. The Hall–Kier alpha value is -1.98. The number of hydrogen-bond donors (Lipinski definition) is 1. The van der Waals surface area contributed by atoms with Gasteiger partial charge in [-0.3, -0.25) is 9.59 Å². The molecule has 0 aromatic heterocycles. The van der Waals surface area contributed by atoms with E-state index in [1.807, 2.05) is 4.90 Å². The van der Waals surface area contributed by atoms with Crippen molar-refractivity contribution in [2.75, 3.05) is 13.1 Å². The molecule has 1 aliphatic heterocycles. The Morgan fingerprint density at radius 2 is 1.73 bits per heavy atom. The molecule has 1 N–H and O–H groups in total. The summed E-state index contributed by atoms with van der Waals surface area (Å²) in [6, 6.07) is 3.07. The standard InChI is InChI=1S/C16H18F2N2O2/c17-13-4-3-11(9-14(13)18)15(21)19-12-5-7-20(8-6-12)16(22)10-1-2-10/h3-4,9-10,12H,1-2,5-8H2,(H,19,21). The molecule has 118 valence electrons. The number of likely N-dealkylation sites (tertiary alicyclic amines) is 1. The highest BCUT2D eigenvalue weighted by Crippen LogP contribution is 2.31. The van der Waals surface area contributed by atoms with E-state index >= 15 is 0 Å². The van der Waals surface area contributed by atoms with E-state index in [9.17, 15) is 18.4 Å². The van der Waals surface area contributed by atoms with Crippen molar-refractivity contribution in [1.82, 2.24) is 10.2 Å². The molecular weight excluding hydrogens is 290 g/mol. The Bertz CT molecular complexity index is 594. The molecule has 1 aliphatic carbocycles. The normalized spacial score (nSPS) is 19.1. The van der Waals surface area contributed by atoms with Gasteiger partial charge in [-0.25, -0.2) is 8.78 Å². The van der Waals surface area contributed by atoms with E-state index < -0.39 is 17.5 Å². The van der Waals surface area contributed by atoms with Gasteiger partial charge in [0.15, 0.2) is 11.6 Å². The lowest BCUT2D eigenvalue weighted by atomic mass is 10.0. The van der Waals surface area contributed by atoms with Gasteiger partial charge in [0.25, 0.3) is 5.91 Å². The largest absolute Gasteiger partial charge is 0.349 e. The number of halogens is 2. The fourth-order valence-corrected chi connectivity index (χ4v) is 2.74. The molecule has 1 saturated carbocycles. The van der Waals surface area contributed by atoms with Gasteiger partial charge in [-0.2, -0.15) is 0 Å². The van der Waals surface area contributed by atoms with E-state index in [4.69, 9.17) is 0 Å². The van der Waals surface area contributed by atoms with Crippen LogP contribution < -0.4 is 5.32 Å². The molecule has 1 saturated heterocycles. The molecule has 1 aromatic rings. The lowest BCUT2D eigenvalue weighted by molar-refractivity contribution is -0.133. The molecular formula is C16H18F2N2O2. The Kier molecular flexibility index (Phi) is 4.09. The summed E-state index contributed by atoms with van der Waals surface area (Å²) in [5.74, 6) is -1.97. The molecule has 4 nitrogen and oxygen atoms in total. The van der Waals surface area contributed by atoms with E-state index in [1.54, 1.807) is 0 Å². The summed E-state index contributed by atoms with van der Waals surface area (Å²) >= 11 is 0. The smallest absolute Gasteiger partial charge is 0.251 e. The zero-order valence-electron chi connectivity index (χ0n) is 12.1. The third kappa shape index (κ3) is 3.26. The van der Waals surface area contributed by atoms with Gasteiger partial charge in [0.05, 0.1) is 0 Å². The van der Waals surface area contributed by atoms with E-state index in [1.165, 1.54) is 6.07 Å². The second kappa shape index (κ2) is 6.02. The van der Waals surface area contributed by atoms with E-state index in [0.717, 1.165) is 25.0 Å². The van der Waals surface area contributed by atoms with Crippen LogP contribution in [0.5, 0.6) is 0 Å². The number of benzene rings is 1. The summed E-state index contributed by atoms with van der Waals surface area (Å²) < 4.78 is 26.0. The zero-order valence-corrected chi connectivity index (χ0v) is 12.1. The molecule has 0 radical (unpaired) electrons. The number of amides is 2. The quantitative estimate of drug-likeness (QED) is 0.929. The van der Waals surface area contributed by atoms with Crippen LogP contribution in [0.15, 0.2) is 18.2 Å². The second-order valence-electron chi connectivity index (χ2n) is 5.98. The molecule has 3 rings (SSSR count). The molecule has 2 aliphatic rings. The van der Waals surface area contributed by atoms with Crippen molar-refractivity contribution in [2.24, 2.45) is 5.92 Å². The SMILES string of the molecule is O=C(NC1CCN(C(=O)C2CC2)CC1)c1ccc(F)c(F)c1. The first-order valence-electron chi connectivity index (χ1n) is 7.59. The van der Waals surface area contributed by atoms with Gasteiger partial charge in [-0.05, 0) is 43.9 Å². The maximum Gasteiger partial charge on any atom is 0.251 e. The summed E-state index contributed by atoms with van der Waals surface area (Å²) in [6.07, 6.45) is 3.36. The van der Waals surface area contributed by atoms with Crippen LogP contribution in [-0.2, 0) is 4.79 Å². The summed E-state index contributed by atoms with van der Waals surface area (Å²) in [5, 5.41) is 2.82. The number of nitrogens with zero attached hydrogens (tertiary/aromatic N) is 1. The predicted molar refractivity (Wildman–Crippen MR) is 76.2 cm³/mol. The summed E-state index contributed by atoms with van der Waals surface area (Å²) in [7, 11) is 0. The second-order valence-corrected chi connectivity index (χ2v) is 5.98. The van der Waals surface area contributed by atoms with Crippen molar-refractivity contribution < 1.29 is 18.4 Å². The van der Waals surface area contributed by atoms with E-state index in [0.29, 0.717) is 25.9 Å². The van der Waals surface area contributed by atoms with Crippen LogP contribution in [-0.4, -0.2) is 35.8 Å². The summed E-state index contributed by atoms with van der Waals surface area (Å²) in [4.78, 5) is 25.8. The Morgan fingerprint density at radius 3 is 2.32 bits per heavy atom. The zero-order chi connectivity index (χ0) is 15.7. The topological polar surface area (TPSA) is 49.4 Å². The molecule has 2 amide bonds. The number of piperidine rings is 1. The van der Waals surface area contributed by atoms with Crippen molar-refractivity contribution >= 4 is 11.8 Å². The van der Waals surface area contributed by atoms with Crippen molar-refractivity contribution in [3.05, 3.63) is 35.4 Å². The molecule has 0 unspecified atom stereocenters. The molecule has 0 spiro atoms. The predicted octanol–water partition coefficient (Wildman–Crippen LogP) is 2.10. The molecule has 1 heterocycles. The highest BCUT2D eigenvalue weighted by molar-refractivity contribution is 5.94. The first-order chi connectivity index (χ1) is 10.5. The van der Waals surface area contributed by atoms with Crippen molar-refractivity contribution in [2.45, 2.75) is 31.7 Å². The monoisotopic (exact) mass is 308 g/mol. The molecule has 6 heteroatoms. The Balaban J connectivity index is 1.52. The lowest BCUT2D eigenvalue weighted by Crippen LogP contribution is -2.47. The van der Waals surface area contributed by atoms with Crippen molar-refractivity contribution in [3.8, 4) is 0 Å². The number of rotatable bonds is 3. The van der Waals surface area contributed by atoms with Gasteiger partial charge in [0, 0.05) is 30.6 Å². The lowest BCUT2D eigenvalue weighted by Gasteiger charge is -2.32. The van der Waals surface area contributed by atoms with Crippen LogP contribution in [0, 0.1) is 17.6 Å². The van der Waals surface area contributed by atoms with Gasteiger partial charge in [0.2, 0.25) is 5.91 Å². The minimum Gasteiger partial charge on any atom is -0.349 e. The number of hydrogen-bond acceptors (Lipinski definition) is 2. The van der Waals surface area contributed by atoms with Gasteiger partial charge < -0.3 is 10.2 Å². The number of carbonyl (C=O) groups excluding carboxylic acids is 2. The van der Waals surface area contributed by atoms with Gasteiger partial charge in [0.1, 0.15) is 0 Å². The van der Waals surface area contributed by atoms with Crippen molar-refractivity contribution in [1.29, 1.82) is 0 Å². The first-order valence-corrected chi connectivity index (χ1v) is 7.59. The maximum atomic E-state index is 13.1. The number of carbonyl (C=O) groups is 2. The molecule has 0 bridgehead atoms. The van der Waals surface area contributed by atoms with Crippen LogP contribution in [0.4, 0.5) is 8.78 Å². The first kappa shape index (κ1) is 14.9. The molecule has 22 heavy (non-hydrogen) atoms. The van der Waals surface area contributed by atoms with Gasteiger partial charge >= 0.3 is 0 Å². The highest BCUT2D eigenvalue weighted by atomic mass is 19.2. The molecule has 1 aromatic carbocycles. The van der Waals surface area contributed by atoms with Crippen molar-refractivity contribution in [3.63, 3.8) is 0 Å². The molecule has 2 fully saturated rings. The minimum absolute atomic E-state index is 0.0381. The van der Waals surface area contributed by atoms with Crippen LogP contribution in [0.25, 0.3) is 0 Å². The Labute approximate surface area is 127 Å². The van der Waals surface area contributed by atoms with E-state index in [2.05, 4.69) is 5.32 Å². The number of nitrogens with one attached hydrogen (secondary N) is 1. The third-order valence-electron chi connectivity index (χ3n) is 4.25. The van der Waals surface area contributed by atoms with Crippen LogP contribution in [0.3, 0.4) is 0 Å². The Morgan fingerprint density at radius 1 is 1.05 bits per heavy atom. The molecule has 0 atom stereocenters. The van der Waals surface area contributed by atoms with Crippen LogP contribution >= 0.6 is 0 Å². The highest BCUT2D eigenvalue weighted by Gasteiger charge is 2.35. The minimum atomic E-state index is -1.03. The summed E-state index contributed by atoms with van der Waals surface area (Å²) in [5.41, 5.74) is 0.107. The summed E-state index contributed by atoms with van der Waals surface area (Å²) in [6.45, 7) is 1.27. The average molecular weight is 308 g/mol. The van der Waals surface area contributed by atoms with Gasteiger partial charge in [-0.15, -0.1) is 0 Å².